The molecular formula is C20H18F3N3O. The Morgan fingerprint density at radius 3 is 2.26 bits per heavy atom. The number of amides is 1. The molecule has 1 amide bonds. The van der Waals surface area contributed by atoms with Gasteiger partial charge in [-0.1, -0.05) is 18.2 Å². The zero-order valence-electron chi connectivity index (χ0n) is 14.8. The molecule has 0 aliphatic rings. The van der Waals surface area contributed by atoms with Crippen LogP contribution in [-0.2, 0) is 12.7 Å². The number of nitrogens with one attached hydrogen (secondary N) is 1. The lowest BCUT2D eigenvalue weighted by Gasteiger charge is -2.09. The number of carbonyl (C=O) groups is 1. The number of rotatable bonds is 4. The van der Waals surface area contributed by atoms with Gasteiger partial charge >= 0.3 is 6.18 Å². The Hall–Kier alpha value is -3.09. The average molecular weight is 373 g/mol. The maximum atomic E-state index is 12.6. The first kappa shape index (κ1) is 18.7. The summed E-state index contributed by atoms with van der Waals surface area (Å²) < 4.78 is 39.6. The summed E-state index contributed by atoms with van der Waals surface area (Å²) in [5.41, 5.74) is 2.86. The second-order valence-corrected chi connectivity index (χ2v) is 6.15. The number of nitrogens with zero attached hydrogens (tertiary/aromatic N) is 2. The van der Waals surface area contributed by atoms with Crippen molar-refractivity contribution in [1.82, 2.24) is 15.1 Å². The van der Waals surface area contributed by atoms with Crippen molar-refractivity contribution >= 4 is 5.91 Å². The van der Waals surface area contributed by atoms with Crippen LogP contribution in [0.5, 0.6) is 0 Å². The third-order valence-corrected chi connectivity index (χ3v) is 4.34. The van der Waals surface area contributed by atoms with Gasteiger partial charge in [-0.05, 0) is 50.2 Å². The number of aromatic nitrogens is 2. The summed E-state index contributed by atoms with van der Waals surface area (Å²) in [6.07, 6.45) is -4.42. The van der Waals surface area contributed by atoms with Gasteiger partial charge in [0.25, 0.3) is 5.91 Å². The fourth-order valence-electron chi connectivity index (χ4n) is 2.83. The molecule has 0 aliphatic heterocycles. The van der Waals surface area contributed by atoms with E-state index in [1.165, 1.54) is 12.1 Å². The highest BCUT2D eigenvalue weighted by Crippen LogP contribution is 2.29. The highest BCUT2D eigenvalue weighted by Gasteiger charge is 2.30. The molecule has 7 heteroatoms. The number of benzene rings is 2. The molecule has 0 atom stereocenters. The monoisotopic (exact) mass is 373 g/mol. The van der Waals surface area contributed by atoms with Crippen LogP contribution in [0.4, 0.5) is 13.2 Å². The van der Waals surface area contributed by atoms with Gasteiger partial charge in [0.1, 0.15) is 0 Å². The first-order valence-corrected chi connectivity index (χ1v) is 8.33. The SMILES string of the molecule is Cc1nn(-c2ccccc2)c(C)c1CNC(=O)c1ccc(C(F)(F)F)cc1. The third-order valence-electron chi connectivity index (χ3n) is 4.34. The highest BCUT2D eigenvalue weighted by atomic mass is 19.4. The van der Waals surface area contributed by atoms with Crippen molar-refractivity contribution in [2.45, 2.75) is 26.6 Å². The Balaban J connectivity index is 1.73. The smallest absolute Gasteiger partial charge is 0.348 e. The number of carbonyl (C=O) groups excluding carboxylic acids is 1. The molecule has 140 valence electrons. The Kier molecular flexibility index (Phi) is 5.03. The molecule has 3 aromatic rings. The van der Waals surface area contributed by atoms with Crippen LogP contribution in [0.25, 0.3) is 5.69 Å². The summed E-state index contributed by atoms with van der Waals surface area (Å²) in [5, 5.41) is 7.26. The molecule has 3 rings (SSSR count). The lowest BCUT2D eigenvalue weighted by atomic mass is 10.1. The van der Waals surface area contributed by atoms with Crippen LogP contribution in [-0.4, -0.2) is 15.7 Å². The van der Waals surface area contributed by atoms with E-state index in [4.69, 9.17) is 0 Å². The highest BCUT2D eigenvalue weighted by molar-refractivity contribution is 5.94. The van der Waals surface area contributed by atoms with Crippen molar-refractivity contribution < 1.29 is 18.0 Å². The second kappa shape index (κ2) is 7.26. The van der Waals surface area contributed by atoms with Crippen molar-refractivity contribution in [3.63, 3.8) is 0 Å². The number of para-hydroxylation sites is 1. The van der Waals surface area contributed by atoms with Crippen molar-refractivity contribution in [1.29, 1.82) is 0 Å². The van der Waals surface area contributed by atoms with Gasteiger partial charge in [-0.15, -0.1) is 0 Å². The van der Waals surface area contributed by atoms with Crippen LogP contribution in [0.3, 0.4) is 0 Å². The van der Waals surface area contributed by atoms with Gasteiger partial charge in [0.2, 0.25) is 0 Å². The number of hydrogen-bond acceptors (Lipinski definition) is 2. The van der Waals surface area contributed by atoms with Crippen LogP contribution < -0.4 is 5.32 Å². The van der Waals surface area contributed by atoms with Crippen LogP contribution in [0.15, 0.2) is 54.6 Å². The van der Waals surface area contributed by atoms with Crippen LogP contribution in [0.1, 0.15) is 32.9 Å². The number of alkyl halides is 3. The molecule has 0 aliphatic carbocycles. The van der Waals surface area contributed by atoms with Crippen LogP contribution >= 0.6 is 0 Å². The molecule has 0 fully saturated rings. The van der Waals surface area contributed by atoms with Gasteiger partial charge in [0, 0.05) is 23.4 Å². The minimum absolute atomic E-state index is 0.175. The number of aryl methyl sites for hydroxylation is 1. The Morgan fingerprint density at radius 1 is 1.04 bits per heavy atom. The van der Waals surface area contributed by atoms with E-state index in [9.17, 15) is 18.0 Å². The van der Waals surface area contributed by atoms with E-state index in [1.54, 1.807) is 4.68 Å². The first-order chi connectivity index (χ1) is 12.8. The summed E-state index contributed by atoms with van der Waals surface area (Å²) in [5.74, 6) is -0.435. The Bertz CT molecular complexity index is 945. The average Bonchev–Trinajstić information content (AvgIpc) is 2.94. The van der Waals surface area contributed by atoms with Gasteiger partial charge in [-0.25, -0.2) is 4.68 Å². The molecule has 27 heavy (non-hydrogen) atoms. The zero-order chi connectivity index (χ0) is 19.6. The van der Waals surface area contributed by atoms with Gasteiger partial charge in [0.15, 0.2) is 0 Å². The molecule has 0 radical (unpaired) electrons. The summed E-state index contributed by atoms with van der Waals surface area (Å²) >= 11 is 0. The zero-order valence-corrected chi connectivity index (χ0v) is 14.8. The fraction of sp³-hybridized carbons (Fsp3) is 0.200. The van der Waals surface area contributed by atoms with Crippen molar-refractivity contribution in [3.05, 3.63) is 82.7 Å². The Labute approximate surface area is 154 Å². The molecule has 4 nitrogen and oxygen atoms in total. The Morgan fingerprint density at radius 2 is 1.67 bits per heavy atom. The van der Waals surface area contributed by atoms with E-state index in [-0.39, 0.29) is 12.1 Å². The van der Waals surface area contributed by atoms with Gasteiger partial charge < -0.3 is 5.32 Å². The predicted octanol–water partition coefficient (Wildman–Crippen LogP) is 4.44. The number of halogens is 3. The second-order valence-electron chi connectivity index (χ2n) is 6.15. The quantitative estimate of drug-likeness (QED) is 0.735. The largest absolute Gasteiger partial charge is 0.416 e. The third kappa shape index (κ3) is 4.02. The number of hydrogen-bond donors (Lipinski definition) is 1. The summed E-state index contributed by atoms with van der Waals surface area (Å²) in [6, 6.07) is 13.8. The van der Waals surface area contributed by atoms with E-state index in [0.29, 0.717) is 0 Å². The van der Waals surface area contributed by atoms with Crippen molar-refractivity contribution in [2.75, 3.05) is 0 Å². The minimum atomic E-state index is -4.42. The molecule has 2 aromatic carbocycles. The molecule has 0 bridgehead atoms. The van der Waals surface area contributed by atoms with E-state index < -0.39 is 17.6 Å². The fourth-order valence-corrected chi connectivity index (χ4v) is 2.83. The summed E-state index contributed by atoms with van der Waals surface area (Å²) in [7, 11) is 0. The maximum Gasteiger partial charge on any atom is 0.416 e. The molecule has 0 saturated heterocycles. The van der Waals surface area contributed by atoms with Crippen molar-refractivity contribution in [2.24, 2.45) is 0 Å². The van der Waals surface area contributed by atoms with Crippen LogP contribution in [0, 0.1) is 13.8 Å². The van der Waals surface area contributed by atoms with Crippen LogP contribution in [0.2, 0.25) is 0 Å². The lowest BCUT2D eigenvalue weighted by molar-refractivity contribution is -0.137. The lowest BCUT2D eigenvalue weighted by Crippen LogP contribution is -2.23. The molecule has 1 aromatic heterocycles. The standard InChI is InChI=1S/C20H18F3N3O/c1-13-18(14(2)26(25-13)17-6-4-3-5-7-17)12-24-19(27)15-8-10-16(11-9-15)20(21,22)23/h3-11H,12H2,1-2H3,(H,24,27). The van der Waals surface area contributed by atoms with E-state index in [1.807, 2.05) is 44.2 Å². The predicted molar refractivity (Wildman–Crippen MR) is 95.7 cm³/mol. The summed E-state index contributed by atoms with van der Waals surface area (Å²) in [4.78, 5) is 12.3. The van der Waals surface area contributed by atoms with E-state index >= 15 is 0 Å². The molecule has 0 unspecified atom stereocenters. The normalized spacial score (nSPS) is 11.4. The van der Waals surface area contributed by atoms with Gasteiger partial charge in [-0.3, -0.25) is 4.79 Å². The first-order valence-electron chi connectivity index (χ1n) is 8.33. The van der Waals surface area contributed by atoms with E-state index in [2.05, 4.69) is 10.4 Å². The minimum Gasteiger partial charge on any atom is -0.348 e. The molecular weight excluding hydrogens is 355 g/mol. The van der Waals surface area contributed by atoms with Gasteiger partial charge in [-0.2, -0.15) is 18.3 Å². The molecule has 1 heterocycles. The van der Waals surface area contributed by atoms with Crippen molar-refractivity contribution in [3.8, 4) is 5.69 Å². The van der Waals surface area contributed by atoms with E-state index in [0.717, 1.165) is 34.8 Å². The molecule has 1 N–H and O–H groups in total. The topological polar surface area (TPSA) is 46.9 Å². The maximum absolute atomic E-state index is 12.6. The molecule has 0 saturated carbocycles. The summed E-state index contributed by atoms with van der Waals surface area (Å²) in [6.45, 7) is 4.00. The molecule has 0 spiro atoms. The van der Waals surface area contributed by atoms with Gasteiger partial charge in [0.05, 0.1) is 16.9 Å².